The number of aromatic carboxylic acids is 1. The molecule has 3 N–H and O–H groups in total. The van der Waals surface area contributed by atoms with E-state index in [2.05, 4.69) is 4.90 Å². The molecule has 1 aliphatic rings. The predicted octanol–water partition coefficient (Wildman–Crippen LogP) is 1.83. The second-order valence-electron chi connectivity index (χ2n) is 4.95. The fourth-order valence-corrected chi connectivity index (χ4v) is 2.67. The molecule has 0 amide bonds. The number of carboxylic acid groups (broad SMARTS) is 1. The first-order valence-corrected chi connectivity index (χ1v) is 6.49. The van der Waals surface area contributed by atoms with Gasteiger partial charge in [0, 0.05) is 20.2 Å². The van der Waals surface area contributed by atoms with E-state index in [0.717, 1.165) is 38.2 Å². The number of benzene rings is 1. The van der Waals surface area contributed by atoms with Crippen molar-refractivity contribution in [1.82, 2.24) is 0 Å². The number of piperidine rings is 1. The zero-order valence-electron chi connectivity index (χ0n) is 11.1. The Morgan fingerprint density at radius 3 is 3.05 bits per heavy atom. The fourth-order valence-electron chi connectivity index (χ4n) is 2.67. The van der Waals surface area contributed by atoms with Gasteiger partial charge in [-0.25, -0.2) is 4.79 Å². The Kier molecular flexibility index (Phi) is 4.27. The van der Waals surface area contributed by atoms with Crippen LogP contribution < -0.4 is 10.6 Å². The summed E-state index contributed by atoms with van der Waals surface area (Å²) in [7, 11) is 1.71. The Balaban J connectivity index is 2.21. The predicted molar refractivity (Wildman–Crippen MR) is 74.6 cm³/mol. The van der Waals surface area contributed by atoms with Crippen LogP contribution in [-0.2, 0) is 4.74 Å². The first kappa shape index (κ1) is 13.7. The van der Waals surface area contributed by atoms with Crippen molar-refractivity contribution >= 4 is 17.3 Å². The molecular formula is C14H20N2O3. The normalized spacial score (nSPS) is 19.4. The van der Waals surface area contributed by atoms with E-state index in [1.54, 1.807) is 13.2 Å². The molecule has 0 saturated carbocycles. The van der Waals surface area contributed by atoms with Crippen LogP contribution in [0.1, 0.15) is 23.2 Å². The topological polar surface area (TPSA) is 75.8 Å². The van der Waals surface area contributed by atoms with Gasteiger partial charge in [0.15, 0.2) is 0 Å². The third-order valence-corrected chi connectivity index (χ3v) is 3.58. The van der Waals surface area contributed by atoms with E-state index in [1.165, 1.54) is 6.07 Å². The van der Waals surface area contributed by atoms with E-state index < -0.39 is 5.97 Å². The van der Waals surface area contributed by atoms with Crippen molar-refractivity contribution < 1.29 is 14.6 Å². The fraction of sp³-hybridized carbons (Fsp3) is 0.500. The Morgan fingerprint density at radius 2 is 2.37 bits per heavy atom. The first-order chi connectivity index (χ1) is 9.13. The van der Waals surface area contributed by atoms with Gasteiger partial charge in [-0.15, -0.1) is 0 Å². The second kappa shape index (κ2) is 5.93. The Labute approximate surface area is 113 Å². The van der Waals surface area contributed by atoms with Crippen molar-refractivity contribution in [2.24, 2.45) is 5.92 Å². The number of nitrogens with zero attached hydrogens (tertiary/aromatic N) is 1. The zero-order chi connectivity index (χ0) is 13.8. The molecule has 1 aromatic carbocycles. The van der Waals surface area contributed by atoms with Gasteiger partial charge in [-0.05, 0) is 30.9 Å². The van der Waals surface area contributed by atoms with Crippen molar-refractivity contribution in [3.8, 4) is 0 Å². The van der Waals surface area contributed by atoms with Gasteiger partial charge >= 0.3 is 5.97 Å². The molecule has 0 bridgehead atoms. The molecular weight excluding hydrogens is 244 g/mol. The SMILES string of the molecule is COCC1CCCN(c2cccc(C(=O)O)c2N)C1. The monoisotopic (exact) mass is 264 g/mol. The van der Waals surface area contributed by atoms with E-state index >= 15 is 0 Å². The molecule has 5 nitrogen and oxygen atoms in total. The Morgan fingerprint density at radius 1 is 1.58 bits per heavy atom. The summed E-state index contributed by atoms with van der Waals surface area (Å²) in [6.45, 7) is 2.50. The molecule has 1 aliphatic heterocycles. The number of nitrogens with two attached hydrogens (primary N) is 1. The number of carboxylic acids is 1. The first-order valence-electron chi connectivity index (χ1n) is 6.49. The lowest BCUT2D eigenvalue weighted by molar-refractivity contribution is 0.0698. The van der Waals surface area contributed by atoms with E-state index in [0.29, 0.717) is 11.6 Å². The van der Waals surface area contributed by atoms with Crippen LogP contribution in [0.25, 0.3) is 0 Å². The van der Waals surface area contributed by atoms with E-state index in [4.69, 9.17) is 15.6 Å². The van der Waals surface area contributed by atoms with Gasteiger partial charge in [-0.3, -0.25) is 0 Å². The third kappa shape index (κ3) is 2.98. The van der Waals surface area contributed by atoms with E-state index in [9.17, 15) is 4.79 Å². The minimum atomic E-state index is -0.982. The van der Waals surface area contributed by atoms with Crippen molar-refractivity contribution in [2.45, 2.75) is 12.8 Å². The van der Waals surface area contributed by atoms with Crippen LogP contribution in [0.15, 0.2) is 18.2 Å². The summed E-state index contributed by atoms with van der Waals surface area (Å²) in [4.78, 5) is 13.3. The number of nitrogen functional groups attached to an aromatic ring is 1. The third-order valence-electron chi connectivity index (χ3n) is 3.58. The second-order valence-corrected chi connectivity index (χ2v) is 4.95. The molecule has 0 spiro atoms. The quantitative estimate of drug-likeness (QED) is 0.811. The van der Waals surface area contributed by atoms with Crippen LogP contribution in [0.2, 0.25) is 0 Å². The number of hydrogen-bond acceptors (Lipinski definition) is 4. The summed E-state index contributed by atoms with van der Waals surface area (Å²) in [6.07, 6.45) is 2.22. The maximum absolute atomic E-state index is 11.1. The highest BCUT2D eigenvalue weighted by atomic mass is 16.5. The van der Waals surface area contributed by atoms with E-state index in [1.807, 2.05) is 6.07 Å². The van der Waals surface area contributed by atoms with E-state index in [-0.39, 0.29) is 5.56 Å². The standard InChI is InChI=1S/C14H20N2O3/c1-19-9-10-4-3-7-16(8-10)12-6-2-5-11(13(12)15)14(17)18/h2,5-6,10H,3-4,7-9,15H2,1H3,(H,17,18). The van der Waals surface area contributed by atoms with Crippen molar-refractivity contribution in [3.05, 3.63) is 23.8 Å². The zero-order valence-corrected chi connectivity index (χ0v) is 11.1. The summed E-state index contributed by atoms with van der Waals surface area (Å²) < 4.78 is 5.21. The van der Waals surface area contributed by atoms with Crippen molar-refractivity contribution in [3.63, 3.8) is 0 Å². The molecule has 0 aromatic heterocycles. The number of para-hydroxylation sites is 1. The molecule has 5 heteroatoms. The van der Waals surface area contributed by atoms with Crippen LogP contribution in [0.5, 0.6) is 0 Å². The number of hydrogen-bond donors (Lipinski definition) is 2. The Hall–Kier alpha value is -1.75. The summed E-state index contributed by atoms with van der Waals surface area (Å²) in [5.41, 5.74) is 7.33. The number of ether oxygens (including phenoxy) is 1. The van der Waals surface area contributed by atoms with Gasteiger partial charge in [0.1, 0.15) is 0 Å². The number of carbonyl (C=O) groups is 1. The summed E-state index contributed by atoms with van der Waals surface area (Å²) in [5, 5.41) is 9.11. The molecule has 0 radical (unpaired) electrons. The van der Waals surface area contributed by atoms with Crippen LogP contribution in [0.4, 0.5) is 11.4 Å². The molecule has 1 unspecified atom stereocenters. The maximum Gasteiger partial charge on any atom is 0.337 e. The van der Waals surface area contributed by atoms with Crippen molar-refractivity contribution in [2.75, 3.05) is 37.4 Å². The van der Waals surface area contributed by atoms with Gasteiger partial charge in [0.2, 0.25) is 0 Å². The lowest BCUT2D eigenvalue weighted by Gasteiger charge is -2.35. The summed E-state index contributed by atoms with van der Waals surface area (Å²) >= 11 is 0. The maximum atomic E-state index is 11.1. The Bertz CT molecular complexity index is 460. The minimum absolute atomic E-state index is 0.173. The average Bonchev–Trinajstić information content (AvgIpc) is 2.39. The summed E-state index contributed by atoms with van der Waals surface area (Å²) in [5.74, 6) is -0.503. The van der Waals surface area contributed by atoms with Crippen LogP contribution in [0.3, 0.4) is 0 Å². The minimum Gasteiger partial charge on any atom is -0.478 e. The van der Waals surface area contributed by atoms with Crippen LogP contribution >= 0.6 is 0 Å². The highest BCUT2D eigenvalue weighted by molar-refractivity contribution is 5.97. The molecule has 1 heterocycles. The smallest absolute Gasteiger partial charge is 0.337 e. The summed E-state index contributed by atoms with van der Waals surface area (Å²) in [6, 6.07) is 5.17. The average molecular weight is 264 g/mol. The van der Waals surface area contributed by atoms with Gasteiger partial charge < -0.3 is 20.5 Å². The molecule has 1 aromatic rings. The van der Waals surface area contributed by atoms with Gasteiger partial charge in [-0.2, -0.15) is 0 Å². The highest BCUT2D eigenvalue weighted by Gasteiger charge is 2.22. The molecule has 104 valence electrons. The largest absolute Gasteiger partial charge is 0.478 e. The molecule has 1 fully saturated rings. The molecule has 0 aliphatic carbocycles. The number of rotatable bonds is 4. The number of methoxy groups -OCH3 is 1. The molecule has 2 rings (SSSR count). The van der Waals surface area contributed by atoms with Gasteiger partial charge in [-0.1, -0.05) is 6.07 Å². The number of anilines is 2. The van der Waals surface area contributed by atoms with Gasteiger partial charge in [0.05, 0.1) is 23.5 Å². The lowest BCUT2D eigenvalue weighted by atomic mass is 9.98. The van der Waals surface area contributed by atoms with Crippen molar-refractivity contribution in [1.29, 1.82) is 0 Å². The highest BCUT2D eigenvalue weighted by Crippen LogP contribution is 2.30. The molecule has 1 atom stereocenters. The molecule has 1 saturated heterocycles. The molecule has 19 heavy (non-hydrogen) atoms. The van der Waals surface area contributed by atoms with Crippen LogP contribution in [0, 0.1) is 5.92 Å². The van der Waals surface area contributed by atoms with Gasteiger partial charge in [0.25, 0.3) is 0 Å². The lowest BCUT2D eigenvalue weighted by Crippen LogP contribution is -2.37. The van der Waals surface area contributed by atoms with Crippen LogP contribution in [-0.4, -0.2) is 37.9 Å².